The molecule has 0 saturated carbocycles. The molecule has 1 aromatic carbocycles. The number of hydrogen-bond donors (Lipinski definition) is 3. The standard InChI is InChI=1S/C17H23FN2O2/c1-3-14(20-22-2)16-13(10-4-6-11(18)7-5-10)8-12-9-15(21)17(16)19-12/h4-7,12-13,15,17,19-21H,3,8-9H2,1-2H3/t12?,13-,15?,17+/m1/s1. The van der Waals surface area contributed by atoms with Crippen LogP contribution < -0.4 is 10.8 Å². The molecular formula is C17H23FN2O2. The third kappa shape index (κ3) is 2.76. The number of aliphatic hydroxyl groups is 1. The minimum atomic E-state index is -0.384. The van der Waals surface area contributed by atoms with E-state index in [9.17, 15) is 9.50 Å². The number of nitrogens with one attached hydrogen (secondary N) is 2. The van der Waals surface area contributed by atoms with E-state index in [1.165, 1.54) is 12.1 Å². The third-order valence-corrected chi connectivity index (χ3v) is 4.76. The van der Waals surface area contributed by atoms with Gasteiger partial charge in [0.05, 0.1) is 19.3 Å². The Hall–Kier alpha value is -1.43. The van der Waals surface area contributed by atoms with Crippen LogP contribution >= 0.6 is 0 Å². The molecule has 2 unspecified atom stereocenters. The minimum absolute atomic E-state index is 0.0635. The summed E-state index contributed by atoms with van der Waals surface area (Å²) in [7, 11) is 1.59. The summed E-state index contributed by atoms with van der Waals surface area (Å²) in [6.07, 6.45) is 2.07. The summed E-state index contributed by atoms with van der Waals surface area (Å²) < 4.78 is 13.2. The van der Waals surface area contributed by atoms with E-state index in [0.717, 1.165) is 36.1 Å². The summed E-state index contributed by atoms with van der Waals surface area (Å²) in [5, 5.41) is 13.9. The van der Waals surface area contributed by atoms with Crippen LogP contribution in [0.15, 0.2) is 35.5 Å². The molecule has 0 aromatic heterocycles. The van der Waals surface area contributed by atoms with Crippen molar-refractivity contribution in [2.24, 2.45) is 0 Å². The van der Waals surface area contributed by atoms with E-state index in [4.69, 9.17) is 4.84 Å². The molecule has 4 atom stereocenters. The van der Waals surface area contributed by atoms with Crippen LogP contribution in [0.2, 0.25) is 0 Å². The monoisotopic (exact) mass is 306 g/mol. The quantitative estimate of drug-likeness (QED) is 0.747. The highest BCUT2D eigenvalue weighted by Gasteiger charge is 2.44. The molecule has 0 radical (unpaired) electrons. The Morgan fingerprint density at radius 1 is 1.36 bits per heavy atom. The number of piperidine rings is 1. The Morgan fingerprint density at radius 3 is 2.73 bits per heavy atom. The molecule has 2 saturated heterocycles. The van der Waals surface area contributed by atoms with Crippen LogP contribution in [0.25, 0.3) is 0 Å². The van der Waals surface area contributed by atoms with Gasteiger partial charge < -0.3 is 10.4 Å². The molecule has 2 bridgehead atoms. The van der Waals surface area contributed by atoms with Crippen LogP contribution in [0.5, 0.6) is 0 Å². The first kappa shape index (κ1) is 15.5. The van der Waals surface area contributed by atoms with Gasteiger partial charge >= 0.3 is 0 Å². The number of allylic oxidation sites excluding steroid dienone is 1. The van der Waals surface area contributed by atoms with Crippen LogP contribution in [-0.2, 0) is 4.84 Å². The first-order chi connectivity index (χ1) is 10.6. The summed E-state index contributed by atoms with van der Waals surface area (Å²) in [6.45, 7) is 2.06. The van der Waals surface area contributed by atoms with Gasteiger partial charge in [-0.2, -0.15) is 0 Å². The molecule has 2 heterocycles. The molecule has 1 aromatic rings. The molecule has 4 nitrogen and oxygen atoms in total. The number of benzene rings is 1. The van der Waals surface area contributed by atoms with Crippen LogP contribution in [0.1, 0.15) is 37.7 Å². The first-order valence-corrected chi connectivity index (χ1v) is 7.85. The summed E-state index contributed by atoms with van der Waals surface area (Å²) in [4.78, 5) is 5.12. The maximum Gasteiger partial charge on any atom is 0.123 e. The largest absolute Gasteiger partial charge is 0.391 e. The Bertz CT molecular complexity index is 558. The fraction of sp³-hybridized carbons (Fsp3) is 0.529. The summed E-state index contributed by atoms with van der Waals surface area (Å²) in [6, 6.07) is 6.94. The summed E-state index contributed by atoms with van der Waals surface area (Å²) >= 11 is 0. The van der Waals surface area contributed by atoms with Crippen LogP contribution in [0.3, 0.4) is 0 Å². The third-order valence-electron chi connectivity index (χ3n) is 4.76. The van der Waals surface area contributed by atoms with Crippen molar-refractivity contribution in [3.63, 3.8) is 0 Å². The van der Waals surface area contributed by atoms with Crippen molar-refractivity contribution in [3.8, 4) is 0 Å². The molecule has 0 amide bonds. The zero-order valence-corrected chi connectivity index (χ0v) is 13.0. The number of rotatable bonds is 4. The normalized spacial score (nSPS) is 32.9. The lowest BCUT2D eigenvalue weighted by molar-refractivity contribution is 0.111. The van der Waals surface area contributed by atoms with E-state index >= 15 is 0 Å². The van der Waals surface area contributed by atoms with E-state index in [1.807, 2.05) is 12.1 Å². The molecule has 3 N–H and O–H groups in total. The van der Waals surface area contributed by atoms with Crippen molar-refractivity contribution in [2.45, 2.75) is 50.3 Å². The van der Waals surface area contributed by atoms with Gasteiger partial charge in [-0.3, -0.25) is 10.3 Å². The lowest BCUT2D eigenvalue weighted by Crippen LogP contribution is -2.44. The molecule has 22 heavy (non-hydrogen) atoms. The first-order valence-electron chi connectivity index (χ1n) is 7.85. The van der Waals surface area contributed by atoms with E-state index in [1.54, 1.807) is 7.11 Å². The van der Waals surface area contributed by atoms with E-state index < -0.39 is 0 Å². The molecule has 2 aliphatic rings. The Kier molecular flexibility index (Phi) is 4.47. The van der Waals surface area contributed by atoms with Gasteiger partial charge in [-0.25, -0.2) is 4.39 Å². The minimum Gasteiger partial charge on any atom is -0.391 e. The van der Waals surface area contributed by atoms with Gasteiger partial charge in [0.25, 0.3) is 0 Å². The van der Waals surface area contributed by atoms with Crippen molar-refractivity contribution in [1.29, 1.82) is 0 Å². The summed E-state index contributed by atoms with van der Waals surface area (Å²) in [5.41, 5.74) is 6.19. The summed E-state index contributed by atoms with van der Waals surface area (Å²) in [5.74, 6) is -0.0523. The maximum atomic E-state index is 13.2. The average molecular weight is 306 g/mol. The SMILES string of the molecule is CCC(NOC)=C1[C@H]2NC(CC2O)C[C@@H]1c1ccc(F)cc1. The van der Waals surface area contributed by atoms with Gasteiger partial charge in [-0.05, 0) is 42.5 Å². The van der Waals surface area contributed by atoms with Crippen LogP contribution in [0, 0.1) is 5.82 Å². The molecule has 0 aliphatic carbocycles. The van der Waals surface area contributed by atoms with Gasteiger partial charge in [0.15, 0.2) is 0 Å². The molecule has 5 heteroatoms. The average Bonchev–Trinajstić information content (AvgIpc) is 2.81. The Balaban J connectivity index is 2.04. The Labute approximate surface area is 130 Å². The van der Waals surface area contributed by atoms with Gasteiger partial charge in [-0.1, -0.05) is 19.1 Å². The molecule has 0 spiro atoms. The lowest BCUT2D eigenvalue weighted by atomic mass is 9.80. The van der Waals surface area contributed by atoms with Gasteiger partial charge in [0.2, 0.25) is 0 Å². The number of halogens is 1. The topological polar surface area (TPSA) is 53.5 Å². The van der Waals surface area contributed by atoms with Gasteiger partial charge in [-0.15, -0.1) is 0 Å². The highest BCUT2D eigenvalue weighted by molar-refractivity contribution is 5.39. The number of aliphatic hydroxyl groups excluding tert-OH is 1. The lowest BCUT2D eigenvalue weighted by Gasteiger charge is -2.35. The van der Waals surface area contributed by atoms with Crippen molar-refractivity contribution < 1.29 is 14.3 Å². The Morgan fingerprint density at radius 2 is 2.09 bits per heavy atom. The number of hydroxylamine groups is 1. The number of fused-ring (bicyclic) bond motifs is 2. The highest BCUT2D eigenvalue weighted by Crippen LogP contribution is 2.43. The van der Waals surface area contributed by atoms with Crippen LogP contribution in [-0.4, -0.2) is 30.4 Å². The van der Waals surface area contributed by atoms with Crippen molar-refractivity contribution in [1.82, 2.24) is 10.8 Å². The second-order valence-corrected chi connectivity index (χ2v) is 6.08. The molecule has 3 rings (SSSR count). The molecule has 2 fully saturated rings. The van der Waals surface area contributed by atoms with E-state index in [2.05, 4.69) is 17.7 Å². The predicted octanol–water partition coefficient (Wildman–Crippen LogP) is 2.22. The molecule has 2 aliphatic heterocycles. The van der Waals surface area contributed by atoms with Gasteiger partial charge in [0, 0.05) is 17.7 Å². The second kappa shape index (κ2) is 6.36. The number of hydrogen-bond acceptors (Lipinski definition) is 4. The van der Waals surface area contributed by atoms with E-state index in [-0.39, 0.29) is 23.9 Å². The fourth-order valence-electron chi connectivity index (χ4n) is 3.82. The maximum absolute atomic E-state index is 13.2. The van der Waals surface area contributed by atoms with Crippen molar-refractivity contribution >= 4 is 0 Å². The highest BCUT2D eigenvalue weighted by atomic mass is 19.1. The fourth-order valence-corrected chi connectivity index (χ4v) is 3.82. The van der Waals surface area contributed by atoms with Crippen LogP contribution in [0.4, 0.5) is 4.39 Å². The smallest absolute Gasteiger partial charge is 0.123 e. The predicted molar refractivity (Wildman–Crippen MR) is 82.6 cm³/mol. The zero-order valence-electron chi connectivity index (χ0n) is 13.0. The molecule has 120 valence electrons. The van der Waals surface area contributed by atoms with Gasteiger partial charge in [0.1, 0.15) is 5.82 Å². The second-order valence-electron chi connectivity index (χ2n) is 6.08. The molecular weight excluding hydrogens is 283 g/mol. The van der Waals surface area contributed by atoms with Crippen molar-refractivity contribution in [3.05, 3.63) is 46.9 Å². The van der Waals surface area contributed by atoms with Crippen molar-refractivity contribution in [2.75, 3.05) is 7.11 Å². The van der Waals surface area contributed by atoms with E-state index in [0.29, 0.717) is 6.04 Å². The zero-order chi connectivity index (χ0) is 15.7.